The number of anilines is 1. The summed E-state index contributed by atoms with van der Waals surface area (Å²) in [7, 11) is 0.848. The number of benzene rings is 1. The first-order chi connectivity index (χ1) is 14.0. The van der Waals surface area contributed by atoms with Crippen LogP contribution in [0.25, 0.3) is 0 Å². The number of hydrogen-bond donors (Lipinski definition) is 1. The Morgan fingerprint density at radius 3 is 2.27 bits per heavy atom. The van der Waals surface area contributed by atoms with Crippen LogP contribution < -0.4 is 10.1 Å². The van der Waals surface area contributed by atoms with Crippen LogP contribution in [0.15, 0.2) is 0 Å². The maximum Gasteiger partial charge on any atom is 0.262 e. The Hall–Kier alpha value is -2.60. The summed E-state index contributed by atoms with van der Waals surface area (Å²) in [5, 5.41) is 11.9. The summed E-state index contributed by atoms with van der Waals surface area (Å²) < 4.78 is 60.7. The standard InChI is InChI=1S/C21H20F4N2O2S/c1-21(2,3)9-5-6-10-11(8-26)20(30-12(10)7-9)27-19(28)13-14(22)16(24)18(29-4)17(25)15(13)23/h9H,5-7H2,1-4H3,(H,27,28)/t9-/m1/s1. The molecule has 1 aliphatic rings. The lowest BCUT2D eigenvalue weighted by Gasteiger charge is -2.33. The van der Waals surface area contributed by atoms with E-state index in [4.69, 9.17) is 0 Å². The van der Waals surface area contributed by atoms with Gasteiger partial charge in [-0.25, -0.2) is 8.78 Å². The number of methoxy groups -OCH3 is 1. The second-order valence-corrected chi connectivity index (χ2v) is 9.35. The van der Waals surface area contributed by atoms with Crippen molar-refractivity contribution in [2.75, 3.05) is 12.4 Å². The number of hydrogen-bond acceptors (Lipinski definition) is 4. The average Bonchev–Trinajstić information content (AvgIpc) is 3.02. The van der Waals surface area contributed by atoms with Crippen LogP contribution in [0.1, 0.15) is 53.6 Å². The normalized spacial score (nSPS) is 16.0. The van der Waals surface area contributed by atoms with Crippen LogP contribution in [0, 0.1) is 45.9 Å². The molecule has 3 rings (SSSR count). The smallest absolute Gasteiger partial charge is 0.262 e. The van der Waals surface area contributed by atoms with E-state index in [1.165, 1.54) is 0 Å². The highest BCUT2D eigenvalue weighted by Gasteiger charge is 2.34. The van der Waals surface area contributed by atoms with Gasteiger partial charge in [0.25, 0.3) is 5.91 Å². The highest BCUT2D eigenvalue weighted by molar-refractivity contribution is 7.16. The van der Waals surface area contributed by atoms with Crippen LogP contribution in [0.5, 0.6) is 5.75 Å². The van der Waals surface area contributed by atoms with Crippen LogP contribution in [-0.2, 0) is 12.8 Å². The first-order valence-corrected chi connectivity index (χ1v) is 10.1. The Morgan fingerprint density at radius 1 is 1.17 bits per heavy atom. The summed E-state index contributed by atoms with van der Waals surface area (Å²) in [5.74, 6) is -9.60. The molecule has 0 aliphatic heterocycles. The molecule has 2 aromatic rings. The number of carbonyl (C=O) groups is 1. The fourth-order valence-corrected chi connectivity index (χ4v) is 4.96. The predicted molar refractivity (Wildman–Crippen MR) is 105 cm³/mol. The highest BCUT2D eigenvalue weighted by atomic mass is 32.1. The third-order valence-electron chi connectivity index (χ3n) is 5.48. The van der Waals surface area contributed by atoms with Gasteiger partial charge < -0.3 is 10.1 Å². The SMILES string of the molecule is COc1c(F)c(F)c(C(=O)Nc2sc3c(c2C#N)CC[C@@H](C(C)(C)C)C3)c(F)c1F. The van der Waals surface area contributed by atoms with Crippen LogP contribution in [0.2, 0.25) is 0 Å². The number of halogens is 4. The number of nitriles is 1. The monoisotopic (exact) mass is 440 g/mol. The Balaban J connectivity index is 1.98. The van der Waals surface area contributed by atoms with E-state index < -0.39 is 40.5 Å². The molecule has 4 nitrogen and oxygen atoms in total. The van der Waals surface area contributed by atoms with Gasteiger partial charge in [-0.1, -0.05) is 20.8 Å². The van der Waals surface area contributed by atoms with Crippen molar-refractivity contribution in [2.24, 2.45) is 11.3 Å². The van der Waals surface area contributed by atoms with E-state index >= 15 is 0 Å². The molecule has 160 valence electrons. The zero-order valence-electron chi connectivity index (χ0n) is 16.9. The summed E-state index contributed by atoms with van der Waals surface area (Å²) in [6.45, 7) is 6.38. The molecule has 1 heterocycles. The van der Waals surface area contributed by atoms with Gasteiger partial charge in [0.05, 0.1) is 12.7 Å². The topological polar surface area (TPSA) is 62.1 Å². The second-order valence-electron chi connectivity index (χ2n) is 8.24. The van der Waals surface area contributed by atoms with Crippen molar-refractivity contribution in [1.82, 2.24) is 0 Å². The predicted octanol–water partition coefficient (Wildman–Crippen LogP) is 5.59. The Kier molecular flexibility index (Phi) is 5.83. The molecular formula is C21H20F4N2O2S. The fourth-order valence-electron chi connectivity index (χ4n) is 3.69. The quantitative estimate of drug-likeness (QED) is 0.500. The zero-order valence-corrected chi connectivity index (χ0v) is 17.7. The molecule has 0 bridgehead atoms. The van der Waals surface area contributed by atoms with Gasteiger partial charge >= 0.3 is 0 Å². The summed E-state index contributed by atoms with van der Waals surface area (Å²) in [4.78, 5) is 13.4. The van der Waals surface area contributed by atoms with Crippen molar-refractivity contribution in [3.05, 3.63) is 44.8 Å². The number of carbonyl (C=O) groups excluding carboxylic acids is 1. The third-order valence-corrected chi connectivity index (χ3v) is 6.65. The second kappa shape index (κ2) is 7.91. The van der Waals surface area contributed by atoms with Gasteiger partial charge in [-0.2, -0.15) is 14.0 Å². The number of ether oxygens (including phenoxy) is 1. The van der Waals surface area contributed by atoms with Crippen LogP contribution >= 0.6 is 11.3 Å². The van der Waals surface area contributed by atoms with Crippen molar-refractivity contribution in [3.8, 4) is 11.8 Å². The molecule has 1 amide bonds. The number of amides is 1. The number of fused-ring (bicyclic) bond motifs is 1. The van der Waals surface area contributed by atoms with Gasteiger partial charge in [0.2, 0.25) is 11.6 Å². The first-order valence-electron chi connectivity index (χ1n) is 9.27. The van der Waals surface area contributed by atoms with Crippen molar-refractivity contribution < 1.29 is 27.1 Å². The molecule has 1 aliphatic carbocycles. The van der Waals surface area contributed by atoms with Crippen molar-refractivity contribution in [2.45, 2.75) is 40.0 Å². The van der Waals surface area contributed by atoms with Crippen molar-refractivity contribution in [1.29, 1.82) is 5.26 Å². The number of nitrogens with zero attached hydrogens (tertiary/aromatic N) is 1. The van der Waals surface area contributed by atoms with Crippen LogP contribution in [-0.4, -0.2) is 13.0 Å². The Labute approximate surface area is 175 Å². The molecule has 0 saturated heterocycles. The average molecular weight is 440 g/mol. The van der Waals surface area contributed by atoms with Gasteiger partial charge in [0.1, 0.15) is 16.6 Å². The molecule has 1 atom stereocenters. The van der Waals surface area contributed by atoms with Gasteiger partial charge in [0.15, 0.2) is 17.4 Å². The third kappa shape index (κ3) is 3.65. The molecule has 9 heteroatoms. The first kappa shape index (κ1) is 22.1. The number of thiophene rings is 1. The van der Waals surface area contributed by atoms with Crippen molar-refractivity contribution in [3.63, 3.8) is 0 Å². The molecular weight excluding hydrogens is 420 g/mol. The van der Waals surface area contributed by atoms with Gasteiger partial charge in [0, 0.05) is 4.88 Å². The fraction of sp³-hybridized carbons (Fsp3) is 0.429. The molecule has 0 saturated carbocycles. The van der Waals surface area contributed by atoms with E-state index in [9.17, 15) is 27.6 Å². The minimum absolute atomic E-state index is 0.0578. The summed E-state index contributed by atoms with van der Waals surface area (Å²) in [5.41, 5.74) is -0.339. The van der Waals surface area contributed by atoms with E-state index in [-0.39, 0.29) is 16.0 Å². The molecule has 0 fully saturated rings. The van der Waals surface area contributed by atoms with E-state index in [2.05, 4.69) is 30.8 Å². The molecule has 0 radical (unpaired) electrons. The van der Waals surface area contributed by atoms with Crippen LogP contribution in [0.4, 0.5) is 22.6 Å². The largest absolute Gasteiger partial charge is 0.491 e. The lowest BCUT2D eigenvalue weighted by Crippen LogP contribution is -2.26. The number of rotatable bonds is 3. The minimum Gasteiger partial charge on any atom is -0.491 e. The summed E-state index contributed by atoms with van der Waals surface area (Å²) in [6.07, 6.45) is 2.22. The minimum atomic E-state index is -1.86. The molecule has 1 aromatic heterocycles. The Bertz CT molecular complexity index is 1040. The molecule has 30 heavy (non-hydrogen) atoms. The van der Waals surface area contributed by atoms with Gasteiger partial charge in [-0.15, -0.1) is 11.3 Å². The molecule has 1 aromatic carbocycles. The van der Waals surface area contributed by atoms with Gasteiger partial charge in [-0.3, -0.25) is 4.79 Å². The lowest BCUT2D eigenvalue weighted by molar-refractivity contribution is 0.101. The summed E-state index contributed by atoms with van der Waals surface area (Å²) >= 11 is 1.15. The zero-order chi connectivity index (χ0) is 22.4. The number of nitrogens with one attached hydrogen (secondary N) is 1. The Morgan fingerprint density at radius 2 is 1.77 bits per heavy atom. The maximum atomic E-state index is 14.3. The molecule has 0 unspecified atom stereocenters. The van der Waals surface area contributed by atoms with Crippen LogP contribution in [0.3, 0.4) is 0 Å². The lowest BCUT2D eigenvalue weighted by atomic mass is 9.72. The van der Waals surface area contributed by atoms with Crippen molar-refractivity contribution >= 4 is 22.2 Å². The summed E-state index contributed by atoms with van der Waals surface area (Å²) in [6, 6.07) is 2.02. The molecule has 1 N–H and O–H groups in total. The molecule has 0 spiro atoms. The maximum absolute atomic E-state index is 14.3. The van der Waals surface area contributed by atoms with E-state index in [0.29, 0.717) is 18.8 Å². The van der Waals surface area contributed by atoms with E-state index in [1.807, 2.05) is 6.07 Å². The van der Waals surface area contributed by atoms with E-state index in [0.717, 1.165) is 35.3 Å². The van der Waals surface area contributed by atoms with E-state index in [1.54, 1.807) is 0 Å². The van der Waals surface area contributed by atoms with Gasteiger partial charge in [-0.05, 0) is 36.2 Å². The highest BCUT2D eigenvalue weighted by Crippen LogP contribution is 2.44.